The van der Waals surface area contributed by atoms with Gasteiger partial charge in [-0.05, 0) is 42.2 Å². The van der Waals surface area contributed by atoms with E-state index in [0.717, 1.165) is 25.7 Å². The lowest BCUT2D eigenvalue weighted by Gasteiger charge is -2.26. The second-order valence-corrected chi connectivity index (χ2v) is 9.95. The maximum atomic E-state index is 13.8. The van der Waals surface area contributed by atoms with Gasteiger partial charge in [0.1, 0.15) is 23.3 Å². The molecular formula is C28H30F3N5O4. The summed E-state index contributed by atoms with van der Waals surface area (Å²) in [6.45, 7) is 0.328. The van der Waals surface area contributed by atoms with Gasteiger partial charge in [-0.25, -0.2) is 4.98 Å². The van der Waals surface area contributed by atoms with Gasteiger partial charge in [0.2, 0.25) is 11.8 Å². The summed E-state index contributed by atoms with van der Waals surface area (Å²) in [6, 6.07) is 9.94. The average molecular weight is 558 g/mol. The second-order valence-electron chi connectivity index (χ2n) is 9.95. The van der Waals surface area contributed by atoms with Crippen molar-refractivity contribution in [1.82, 2.24) is 20.2 Å². The molecule has 1 fully saturated rings. The Morgan fingerprint density at radius 3 is 2.62 bits per heavy atom. The fourth-order valence-electron chi connectivity index (χ4n) is 5.05. The van der Waals surface area contributed by atoms with Crippen molar-refractivity contribution in [3.63, 3.8) is 0 Å². The van der Waals surface area contributed by atoms with Crippen LogP contribution in [-0.2, 0) is 12.7 Å². The number of alkyl halides is 3. The van der Waals surface area contributed by atoms with Crippen molar-refractivity contribution in [2.24, 2.45) is 0 Å². The number of aliphatic hydroxyl groups excluding tert-OH is 1. The van der Waals surface area contributed by atoms with E-state index in [1.165, 1.54) is 24.5 Å². The second kappa shape index (κ2) is 11.3. The highest BCUT2D eigenvalue weighted by Crippen LogP contribution is 2.40. The lowest BCUT2D eigenvalue weighted by molar-refractivity contribution is -0.139. The van der Waals surface area contributed by atoms with Crippen LogP contribution in [0.3, 0.4) is 0 Å². The molecule has 1 amide bonds. The number of amides is 1. The topological polar surface area (TPSA) is 109 Å². The number of carbonyl (C=O) groups excluding carboxylic acids is 1. The van der Waals surface area contributed by atoms with E-state index in [4.69, 9.17) is 9.47 Å². The van der Waals surface area contributed by atoms with E-state index in [2.05, 4.69) is 20.6 Å². The number of aromatic nitrogens is 2. The van der Waals surface area contributed by atoms with Crippen LogP contribution in [0, 0.1) is 0 Å². The highest BCUT2D eigenvalue weighted by molar-refractivity contribution is 6.00. The molecule has 1 aromatic heterocycles. The van der Waals surface area contributed by atoms with Gasteiger partial charge in [0, 0.05) is 25.8 Å². The zero-order valence-electron chi connectivity index (χ0n) is 22.1. The first-order chi connectivity index (χ1) is 19.1. The summed E-state index contributed by atoms with van der Waals surface area (Å²) < 4.78 is 52.6. The molecule has 2 aromatic carbocycles. The Bertz CT molecular complexity index is 1390. The molecule has 0 spiro atoms. The Morgan fingerprint density at radius 2 is 1.90 bits per heavy atom. The molecular weight excluding hydrogens is 527 g/mol. The Labute approximate surface area is 229 Å². The van der Waals surface area contributed by atoms with Gasteiger partial charge in [-0.2, -0.15) is 18.2 Å². The van der Waals surface area contributed by atoms with Gasteiger partial charge in [-0.3, -0.25) is 10.1 Å². The highest BCUT2D eigenvalue weighted by atomic mass is 19.4. The van der Waals surface area contributed by atoms with Crippen LogP contribution in [-0.4, -0.2) is 46.1 Å². The smallest absolute Gasteiger partial charge is 0.423 e. The molecule has 2 heterocycles. The van der Waals surface area contributed by atoms with E-state index in [0.29, 0.717) is 35.3 Å². The first kappa shape index (κ1) is 27.7. The third-order valence-corrected chi connectivity index (χ3v) is 7.13. The number of halogens is 3. The van der Waals surface area contributed by atoms with E-state index in [1.807, 2.05) is 0 Å². The van der Waals surface area contributed by atoms with E-state index < -0.39 is 23.8 Å². The summed E-state index contributed by atoms with van der Waals surface area (Å²) in [5, 5.41) is 16.8. The quantitative estimate of drug-likeness (QED) is 0.310. The van der Waals surface area contributed by atoms with Crippen molar-refractivity contribution in [3.8, 4) is 17.4 Å². The minimum atomic E-state index is -4.80. The maximum Gasteiger partial charge on any atom is 0.423 e. The van der Waals surface area contributed by atoms with Gasteiger partial charge in [0.05, 0.1) is 18.4 Å². The summed E-state index contributed by atoms with van der Waals surface area (Å²) in [5.41, 5.74) is 0.616. The number of ether oxygens (including phenoxy) is 2. The maximum absolute atomic E-state index is 13.8. The van der Waals surface area contributed by atoms with Gasteiger partial charge in [0.15, 0.2) is 0 Å². The zero-order chi connectivity index (χ0) is 28.4. The molecule has 3 aromatic rings. The van der Waals surface area contributed by atoms with Crippen LogP contribution in [0.5, 0.6) is 17.4 Å². The van der Waals surface area contributed by atoms with Crippen LogP contribution in [0.4, 0.5) is 24.8 Å². The largest absolute Gasteiger partial charge is 0.495 e. The van der Waals surface area contributed by atoms with Crippen LogP contribution in [0.2, 0.25) is 0 Å². The Kier molecular flexibility index (Phi) is 7.81. The normalized spacial score (nSPS) is 16.6. The van der Waals surface area contributed by atoms with Crippen LogP contribution in [0.25, 0.3) is 0 Å². The fourth-order valence-corrected chi connectivity index (χ4v) is 5.05. The molecule has 1 aliphatic carbocycles. The average Bonchev–Trinajstić information content (AvgIpc) is 3.22. The molecule has 5 rings (SSSR count). The first-order valence-corrected chi connectivity index (χ1v) is 13.0. The van der Waals surface area contributed by atoms with E-state index in [1.54, 1.807) is 37.4 Å². The SMILES string of the molecule is COc1cc(C(O)NC2CCCCC2)ccc1Nc1ncc(C(F)(F)F)c(Oc2cccc3c2C(=O)N(C)C3)n1. The Hall–Kier alpha value is -3.90. The molecule has 1 atom stereocenters. The van der Waals surface area contributed by atoms with Crippen LogP contribution in [0.15, 0.2) is 42.6 Å². The summed E-state index contributed by atoms with van der Waals surface area (Å²) in [5.74, 6) is -0.961. The van der Waals surface area contributed by atoms with Gasteiger partial charge in [-0.15, -0.1) is 0 Å². The van der Waals surface area contributed by atoms with Crippen molar-refractivity contribution in [3.05, 3.63) is 64.8 Å². The van der Waals surface area contributed by atoms with Gasteiger partial charge >= 0.3 is 6.18 Å². The number of nitrogens with one attached hydrogen (secondary N) is 2. The number of methoxy groups -OCH3 is 1. The number of carbonyl (C=O) groups is 1. The third kappa shape index (κ3) is 5.82. The van der Waals surface area contributed by atoms with Crippen molar-refractivity contribution >= 4 is 17.5 Å². The number of aliphatic hydroxyl groups is 1. The predicted molar refractivity (Wildman–Crippen MR) is 141 cm³/mol. The zero-order valence-corrected chi connectivity index (χ0v) is 22.1. The number of hydrogen-bond donors (Lipinski definition) is 3. The number of hydrogen-bond acceptors (Lipinski definition) is 8. The molecule has 1 unspecified atom stereocenters. The summed E-state index contributed by atoms with van der Waals surface area (Å²) in [4.78, 5) is 21.9. The third-order valence-electron chi connectivity index (χ3n) is 7.13. The van der Waals surface area contributed by atoms with Crippen LogP contribution in [0.1, 0.15) is 65.4 Å². The molecule has 40 heavy (non-hydrogen) atoms. The number of benzene rings is 2. The van der Waals surface area contributed by atoms with Crippen molar-refractivity contribution in [2.45, 2.75) is 57.1 Å². The van der Waals surface area contributed by atoms with Gasteiger partial charge in [-0.1, -0.05) is 37.5 Å². The molecule has 0 radical (unpaired) electrons. The minimum absolute atomic E-state index is 0.0246. The molecule has 12 heteroatoms. The number of anilines is 2. The molecule has 3 N–H and O–H groups in total. The van der Waals surface area contributed by atoms with Crippen molar-refractivity contribution in [2.75, 3.05) is 19.5 Å². The summed E-state index contributed by atoms with van der Waals surface area (Å²) >= 11 is 0. The monoisotopic (exact) mass is 557 g/mol. The van der Waals surface area contributed by atoms with Gasteiger partial charge < -0.3 is 24.8 Å². The number of rotatable bonds is 8. The number of nitrogens with zero attached hydrogens (tertiary/aromatic N) is 3. The molecule has 2 aliphatic rings. The summed E-state index contributed by atoms with van der Waals surface area (Å²) in [6.07, 6.45) is 0.367. The molecule has 0 saturated heterocycles. The summed E-state index contributed by atoms with van der Waals surface area (Å²) in [7, 11) is 3.04. The van der Waals surface area contributed by atoms with Crippen LogP contribution < -0.4 is 20.1 Å². The Morgan fingerprint density at radius 1 is 1.12 bits per heavy atom. The Balaban J connectivity index is 1.41. The number of fused-ring (bicyclic) bond motifs is 1. The highest BCUT2D eigenvalue weighted by Gasteiger charge is 2.37. The molecule has 9 nitrogen and oxygen atoms in total. The van der Waals surface area contributed by atoms with E-state index in [9.17, 15) is 23.1 Å². The first-order valence-electron chi connectivity index (χ1n) is 13.0. The van der Waals surface area contributed by atoms with Gasteiger partial charge in [0.25, 0.3) is 5.91 Å². The molecule has 1 saturated carbocycles. The van der Waals surface area contributed by atoms with Crippen molar-refractivity contribution < 1.29 is 32.5 Å². The minimum Gasteiger partial charge on any atom is -0.495 e. The molecule has 0 bridgehead atoms. The van der Waals surface area contributed by atoms with E-state index in [-0.39, 0.29) is 29.2 Å². The lowest BCUT2D eigenvalue weighted by atomic mass is 9.95. The standard InChI is InChI=1S/C28H30F3N5O4/c1-36-15-17-7-6-10-21(23(17)26(36)38)40-25-19(28(29,30)31)14-32-27(35-25)34-20-12-11-16(13-22(20)39-2)24(37)33-18-8-4-3-5-9-18/h6-7,10-14,18,24,33,37H,3-5,8-9,15H2,1-2H3,(H,32,34,35). The molecule has 1 aliphatic heterocycles. The fraction of sp³-hybridized carbons (Fsp3) is 0.393. The van der Waals surface area contributed by atoms with Crippen LogP contribution >= 0.6 is 0 Å². The van der Waals surface area contributed by atoms with E-state index >= 15 is 0 Å². The predicted octanol–water partition coefficient (Wildman–Crippen LogP) is 5.54. The lowest BCUT2D eigenvalue weighted by Crippen LogP contribution is -2.34. The van der Waals surface area contributed by atoms with Crippen molar-refractivity contribution in [1.29, 1.82) is 0 Å². The molecule has 212 valence electrons.